The summed E-state index contributed by atoms with van der Waals surface area (Å²) in [7, 11) is 0. The first-order valence-electron chi connectivity index (χ1n) is 12.5. The normalized spacial score (nSPS) is 42.8. The van der Waals surface area contributed by atoms with E-state index in [0.29, 0.717) is 17.6 Å². The topological polar surface area (TPSA) is 172 Å². The summed E-state index contributed by atoms with van der Waals surface area (Å²) in [5, 5.41) is 50.2. The van der Waals surface area contributed by atoms with Crippen molar-refractivity contribution in [2.75, 3.05) is 6.61 Å². The Hall–Kier alpha value is -2.12. The van der Waals surface area contributed by atoms with Gasteiger partial charge in [-0.25, -0.2) is 9.59 Å². The molecule has 2 aliphatic carbocycles. The van der Waals surface area contributed by atoms with Crippen molar-refractivity contribution < 1.29 is 54.1 Å². The first-order chi connectivity index (χ1) is 17.4. The van der Waals surface area contributed by atoms with E-state index in [-0.39, 0.29) is 23.8 Å². The Bertz CT molecular complexity index is 958. The second-order valence-corrected chi connectivity index (χ2v) is 10.7. The molecule has 2 saturated carbocycles. The minimum absolute atomic E-state index is 0.154. The molecule has 0 aromatic carbocycles. The van der Waals surface area contributed by atoms with Gasteiger partial charge in [-0.1, -0.05) is 39.2 Å². The number of hydrogen-bond donors (Lipinski definition) is 5. The molecule has 37 heavy (non-hydrogen) atoms. The highest BCUT2D eigenvalue weighted by Crippen LogP contribution is 2.53. The van der Waals surface area contributed by atoms with E-state index in [9.17, 15) is 35.1 Å². The molecule has 2 heterocycles. The molecule has 11 heteroatoms. The smallest absolute Gasteiger partial charge is 0.335 e. The van der Waals surface area contributed by atoms with Crippen LogP contribution in [0.1, 0.15) is 26.7 Å². The Balaban J connectivity index is 1.56. The number of aliphatic hydroxyl groups is 5. The predicted octanol–water partition coefficient (Wildman–Crippen LogP) is -0.650. The summed E-state index contributed by atoms with van der Waals surface area (Å²) >= 11 is 0. The zero-order valence-electron chi connectivity index (χ0n) is 20.9. The van der Waals surface area contributed by atoms with Crippen LogP contribution in [0.15, 0.2) is 36.5 Å². The van der Waals surface area contributed by atoms with E-state index < -0.39 is 85.5 Å². The summed E-state index contributed by atoms with van der Waals surface area (Å²) < 4.78 is 22.8. The third-order valence-corrected chi connectivity index (χ3v) is 8.03. The van der Waals surface area contributed by atoms with Gasteiger partial charge in [0.2, 0.25) is 0 Å². The van der Waals surface area contributed by atoms with E-state index in [0.717, 1.165) is 0 Å². The number of fused-ring (bicyclic) bond motifs is 3. The minimum Gasteiger partial charge on any atom is -0.459 e. The molecule has 0 aromatic heterocycles. The molecule has 11 nitrogen and oxygen atoms in total. The quantitative estimate of drug-likeness (QED) is 0.170. The molecule has 12 unspecified atom stereocenters. The van der Waals surface area contributed by atoms with E-state index >= 15 is 0 Å². The van der Waals surface area contributed by atoms with Gasteiger partial charge in [0.1, 0.15) is 36.6 Å². The molecule has 0 radical (unpaired) electrons. The molecule has 0 aromatic rings. The molecule has 5 N–H and O–H groups in total. The van der Waals surface area contributed by atoms with Crippen molar-refractivity contribution in [3.63, 3.8) is 0 Å². The maximum absolute atomic E-state index is 12.6. The Morgan fingerprint density at radius 3 is 2.41 bits per heavy atom. The molecule has 12 atom stereocenters. The van der Waals surface area contributed by atoms with Crippen LogP contribution in [0.4, 0.5) is 0 Å². The number of ether oxygens (including phenoxy) is 4. The first kappa shape index (κ1) is 27.9. The van der Waals surface area contributed by atoms with Gasteiger partial charge in [-0.3, -0.25) is 0 Å². The van der Waals surface area contributed by atoms with E-state index in [4.69, 9.17) is 18.9 Å². The van der Waals surface area contributed by atoms with Crippen molar-refractivity contribution in [2.24, 2.45) is 23.7 Å². The lowest BCUT2D eigenvalue weighted by molar-refractivity contribution is -0.308. The van der Waals surface area contributed by atoms with E-state index in [1.807, 2.05) is 0 Å². The van der Waals surface area contributed by atoms with Crippen LogP contribution in [0.2, 0.25) is 0 Å². The number of esters is 2. The lowest BCUT2D eigenvalue weighted by Crippen LogP contribution is -2.59. The summed E-state index contributed by atoms with van der Waals surface area (Å²) in [4.78, 5) is 25.1. The monoisotopic (exact) mass is 524 g/mol. The van der Waals surface area contributed by atoms with Crippen molar-refractivity contribution in [2.45, 2.75) is 81.8 Å². The van der Waals surface area contributed by atoms with Gasteiger partial charge in [0.25, 0.3) is 0 Å². The number of hydrogen-bond acceptors (Lipinski definition) is 11. The van der Waals surface area contributed by atoms with E-state index in [1.54, 1.807) is 13.8 Å². The van der Waals surface area contributed by atoms with Gasteiger partial charge >= 0.3 is 11.9 Å². The second-order valence-electron chi connectivity index (χ2n) is 10.7. The molecule has 4 fully saturated rings. The first-order valence-corrected chi connectivity index (χ1v) is 12.5. The van der Waals surface area contributed by atoms with Gasteiger partial charge in [0.05, 0.1) is 18.6 Å². The van der Waals surface area contributed by atoms with Crippen molar-refractivity contribution >= 4 is 11.9 Å². The Morgan fingerprint density at radius 2 is 1.78 bits per heavy atom. The van der Waals surface area contributed by atoms with Crippen LogP contribution in [-0.2, 0) is 28.5 Å². The van der Waals surface area contributed by atoms with Gasteiger partial charge < -0.3 is 44.5 Å². The van der Waals surface area contributed by atoms with Crippen molar-refractivity contribution in [3.8, 4) is 0 Å². The van der Waals surface area contributed by atoms with E-state index in [2.05, 4.69) is 19.7 Å². The Morgan fingerprint density at radius 1 is 1.11 bits per heavy atom. The maximum Gasteiger partial charge on any atom is 0.335 e. The van der Waals surface area contributed by atoms with Gasteiger partial charge in [-0.15, -0.1) is 0 Å². The molecule has 206 valence electrons. The maximum atomic E-state index is 12.6. The van der Waals surface area contributed by atoms with Crippen LogP contribution < -0.4 is 0 Å². The molecule has 0 spiro atoms. The van der Waals surface area contributed by atoms with Crippen LogP contribution >= 0.6 is 0 Å². The number of carbonyl (C=O) groups excluding carboxylic acids is 2. The summed E-state index contributed by atoms with van der Waals surface area (Å²) in [5.41, 5.74) is 1.40. The summed E-state index contributed by atoms with van der Waals surface area (Å²) in [6, 6.07) is 0. The lowest BCUT2D eigenvalue weighted by atomic mass is 9.81. The van der Waals surface area contributed by atoms with Crippen LogP contribution in [0.25, 0.3) is 0 Å². The Kier molecular flexibility index (Phi) is 7.97. The van der Waals surface area contributed by atoms with Crippen LogP contribution in [0.5, 0.6) is 0 Å². The molecule has 0 amide bonds. The van der Waals surface area contributed by atoms with Crippen molar-refractivity contribution in [3.05, 3.63) is 36.5 Å². The highest BCUT2D eigenvalue weighted by molar-refractivity contribution is 5.91. The fourth-order valence-electron chi connectivity index (χ4n) is 5.83. The Labute approximate surface area is 215 Å². The summed E-state index contributed by atoms with van der Waals surface area (Å²) in [6.45, 7) is 15.0. The zero-order chi connectivity index (χ0) is 27.3. The zero-order valence-corrected chi connectivity index (χ0v) is 20.9. The van der Waals surface area contributed by atoms with Gasteiger partial charge in [-0.05, 0) is 23.8 Å². The average Bonchev–Trinajstić information content (AvgIpc) is 3.29. The average molecular weight is 525 g/mol. The molecule has 4 rings (SSSR count). The minimum atomic E-state index is -1.59. The fourth-order valence-corrected chi connectivity index (χ4v) is 5.83. The number of aliphatic hydroxyl groups excluding tert-OH is 5. The third-order valence-electron chi connectivity index (χ3n) is 8.03. The lowest BCUT2D eigenvalue weighted by Gasteiger charge is -2.40. The molecule has 0 bridgehead atoms. The van der Waals surface area contributed by atoms with Crippen molar-refractivity contribution in [1.82, 2.24) is 0 Å². The fraction of sp³-hybridized carbons (Fsp3) is 0.692. The largest absolute Gasteiger partial charge is 0.459 e. The molecule has 2 aliphatic heterocycles. The summed E-state index contributed by atoms with van der Waals surface area (Å²) in [5.74, 6) is -3.21. The van der Waals surface area contributed by atoms with Gasteiger partial charge in [0.15, 0.2) is 12.4 Å². The van der Waals surface area contributed by atoms with Crippen LogP contribution in [-0.4, -0.2) is 99.2 Å². The highest BCUT2D eigenvalue weighted by Gasteiger charge is 2.58. The summed E-state index contributed by atoms with van der Waals surface area (Å²) in [6.07, 6.45) is -10.2. The van der Waals surface area contributed by atoms with Gasteiger partial charge in [0, 0.05) is 17.9 Å². The standard InChI is InChI=1S/C26H36O11/c1-9(2)19(28)25(33)34-15-6-10(3)13-7-14(11(4)17(13)23-18(15)12(5)24(32)37-23)35-26-22(31)21(30)20(29)16(8-27)36-26/h9,13-23,26-31H,3-8H2,1-2H3. The molecule has 2 saturated heterocycles. The molecular formula is C26H36O11. The number of carbonyl (C=O) groups is 2. The van der Waals surface area contributed by atoms with Crippen LogP contribution in [0, 0.1) is 23.7 Å². The van der Waals surface area contributed by atoms with Crippen molar-refractivity contribution in [1.29, 1.82) is 0 Å². The van der Waals surface area contributed by atoms with Gasteiger partial charge in [-0.2, -0.15) is 0 Å². The predicted molar refractivity (Wildman–Crippen MR) is 126 cm³/mol. The van der Waals surface area contributed by atoms with E-state index in [1.165, 1.54) is 0 Å². The number of rotatable bonds is 6. The third kappa shape index (κ3) is 4.89. The van der Waals surface area contributed by atoms with Crippen LogP contribution in [0.3, 0.4) is 0 Å². The second kappa shape index (κ2) is 10.6. The highest BCUT2D eigenvalue weighted by atomic mass is 16.7. The SMILES string of the molecule is C=C1CC(OC(=O)C(O)C(C)C)C2C(=C)C(=O)OC2C2C(=C)C(OC3OC(CO)C(O)C(O)C3O)CC12. The molecular weight excluding hydrogens is 488 g/mol. The molecule has 4 aliphatic rings.